The molecular weight excluding hydrogens is 256 g/mol. The smallest absolute Gasteiger partial charge is 0.156 e. The van der Waals surface area contributed by atoms with Gasteiger partial charge in [0, 0.05) is 6.54 Å². The monoisotopic (exact) mass is 274 g/mol. The maximum Gasteiger partial charge on any atom is 0.156 e. The zero-order chi connectivity index (χ0) is 13.9. The Morgan fingerprint density at radius 3 is 2.80 bits per heavy atom. The Bertz CT molecular complexity index is 583. The number of anilines is 1. The van der Waals surface area contributed by atoms with Crippen molar-refractivity contribution in [3.05, 3.63) is 24.0 Å². The summed E-state index contributed by atoms with van der Waals surface area (Å²) in [5.41, 5.74) is 6.94. The van der Waals surface area contributed by atoms with Gasteiger partial charge >= 0.3 is 0 Å². The van der Waals surface area contributed by atoms with Gasteiger partial charge in [0.25, 0.3) is 0 Å². The third-order valence-electron chi connectivity index (χ3n) is 3.73. The molecule has 0 amide bonds. The average Bonchev–Trinajstić information content (AvgIpc) is 3.18. The molecule has 1 aliphatic rings. The molecule has 1 fully saturated rings. The van der Waals surface area contributed by atoms with E-state index in [1.54, 1.807) is 23.1 Å². The van der Waals surface area contributed by atoms with E-state index in [2.05, 4.69) is 10.00 Å². The number of hydrogen-bond donors (Lipinski definition) is 1. The molecule has 1 aliphatic heterocycles. The second-order valence-electron chi connectivity index (χ2n) is 5.01. The van der Waals surface area contributed by atoms with Gasteiger partial charge in [-0.3, -0.25) is 4.79 Å². The first kappa shape index (κ1) is 12.9. The Hall–Kier alpha value is -2.08. The lowest BCUT2D eigenvalue weighted by molar-refractivity contribution is 0.112. The lowest BCUT2D eigenvalue weighted by Crippen LogP contribution is -2.25. The molecule has 6 heteroatoms. The van der Waals surface area contributed by atoms with Gasteiger partial charge in [0.2, 0.25) is 0 Å². The van der Waals surface area contributed by atoms with Crippen LogP contribution >= 0.6 is 0 Å². The highest BCUT2D eigenvalue weighted by molar-refractivity contribution is 5.90. The third kappa shape index (κ3) is 2.34. The summed E-state index contributed by atoms with van der Waals surface area (Å²) in [7, 11) is 0. The molecule has 0 radical (unpaired) electrons. The number of carbonyl (C=O) groups excluding carboxylic acids is 1. The number of carbonyl (C=O) groups is 1. The van der Waals surface area contributed by atoms with Crippen molar-refractivity contribution in [2.45, 2.75) is 19.4 Å². The fourth-order valence-electron chi connectivity index (χ4n) is 2.61. The molecule has 3 heterocycles. The van der Waals surface area contributed by atoms with E-state index in [-0.39, 0.29) is 0 Å². The Kier molecular flexibility index (Phi) is 3.56. The Morgan fingerprint density at radius 2 is 2.15 bits per heavy atom. The van der Waals surface area contributed by atoms with Gasteiger partial charge in [-0.25, -0.2) is 4.68 Å². The summed E-state index contributed by atoms with van der Waals surface area (Å²) in [4.78, 5) is 13.6. The van der Waals surface area contributed by atoms with Crippen LogP contribution in [0.4, 0.5) is 5.82 Å². The maximum atomic E-state index is 11.2. The standard InChI is InChI=1S/C14H18N4O2/c15-14-11(10-19)13(12-4-3-9-20-12)16-18(14)8-7-17-5-1-2-6-17/h3-4,9-10H,1-2,5-8,15H2. The molecule has 0 aliphatic carbocycles. The lowest BCUT2D eigenvalue weighted by atomic mass is 10.2. The molecule has 2 aromatic heterocycles. The van der Waals surface area contributed by atoms with E-state index < -0.39 is 0 Å². The van der Waals surface area contributed by atoms with E-state index in [1.807, 2.05) is 0 Å². The van der Waals surface area contributed by atoms with Gasteiger partial charge in [0.05, 0.1) is 18.4 Å². The summed E-state index contributed by atoms with van der Waals surface area (Å²) in [6.45, 7) is 3.86. The van der Waals surface area contributed by atoms with Crippen LogP contribution in [0.5, 0.6) is 0 Å². The van der Waals surface area contributed by atoms with Crippen molar-refractivity contribution in [1.82, 2.24) is 14.7 Å². The van der Waals surface area contributed by atoms with Gasteiger partial charge in [0.1, 0.15) is 11.5 Å². The van der Waals surface area contributed by atoms with Crippen molar-refractivity contribution in [3.63, 3.8) is 0 Å². The molecule has 2 N–H and O–H groups in total. The molecule has 6 nitrogen and oxygen atoms in total. The zero-order valence-corrected chi connectivity index (χ0v) is 11.3. The van der Waals surface area contributed by atoms with Crippen molar-refractivity contribution in [1.29, 1.82) is 0 Å². The molecule has 3 rings (SSSR count). The Morgan fingerprint density at radius 1 is 1.35 bits per heavy atom. The first-order valence-corrected chi connectivity index (χ1v) is 6.87. The van der Waals surface area contributed by atoms with Gasteiger partial charge in [-0.1, -0.05) is 0 Å². The van der Waals surface area contributed by atoms with Gasteiger partial charge in [-0.2, -0.15) is 5.10 Å². The second-order valence-corrected chi connectivity index (χ2v) is 5.01. The SMILES string of the molecule is Nc1c(C=O)c(-c2ccco2)nn1CCN1CCCC1. The van der Waals surface area contributed by atoms with E-state index in [9.17, 15) is 4.79 Å². The van der Waals surface area contributed by atoms with Crippen LogP contribution in [0.15, 0.2) is 22.8 Å². The zero-order valence-electron chi connectivity index (χ0n) is 11.3. The number of nitrogens with two attached hydrogens (primary N) is 1. The van der Waals surface area contributed by atoms with Crippen LogP contribution in [0.25, 0.3) is 11.5 Å². The fourth-order valence-corrected chi connectivity index (χ4v) is 2.61. The molecule has 2 aromatic rings. The van der Waals surface area contributed by atoms with Gasteiger partial charge in [-0.15, -0.1) is 0 Å². The van der Waals surface area contributed by atoms with Gasteiger partial charge in [-0.05, 0) is 38.1 Å². The van der Waals surface area contributed by atoms with Crippen LogP contribution in [0.3, 0.4) is 0 Å². The molecule has 1 saturated heterocycles. The normalized spacial score (nSPS) is 15.8. The summed E-state index contributed by atoms with van der Waals surface area (Å²) in [5.74, 6) is 0.976. The molecule has 0 unspecified atom stereocenters. The minimum absolute atomic E-state index is 0.404. The van der Waals surface area contributed by atoms with Crippen LogP contribution in [-0.4, -0.2) is 40.6 Å². The molecular formula is C14H18N4O2. The summed E-state index contributed by atoms with van der Waals surface area (Å²) in [6.07, 6.45) is 4.81. The summed E-state index contributed by atoms with van der Waals surface area (Å²) < 4.78 is 7.00. The van der Waals surface area contributed by atoms with Crippen molar-refractivity contribution < 1.29 is 9.21 Å². The third-order valence-corrected chi connectivity index (χ3v) is 3.73. The molecule has 106 valence electrons. The fraction of sp³-hybridized carbons (Fsp3) is 0.429. The van der Waals surface area contributed by atoms with Crippen molar-refractivity contribution in [2.75, 3.05) is 25.4 Å². The molecule has 0 atom stereocenters. The highest BCUT2D eigenvalue weighted by Gasteiger charge is 2.19. The number of rotatable bonds is 5. The first-order chi connectivity index (χ1) is 9.79. The predicted octanol–water partition coefficient (Wildman–Crippen LogP) is 1.63. The van der Waals surface area contributed by atoms with E-state index in [4.69, 9.17) is 10.2 Å². The molecule has 0 aromatic carbocycles. The van der Waals surface area contributed by atoms with Crippen LogP contribution in [0.2, 0.25) is 0 Å². The van der Waals surface area contributed by atoms with Crippen LogP contribution in [0, 0.1) is 0 Å². The van der Waals surface area contributed by atoms with E-state index in [0.717, 1.165) is 25.9 Å². The Labute approximate surface area is 117 Å². The largest absolute Gasteiger partial charge is 0.463 e. The number of nitrogen functional groups attached to an aromatic ring is 1. The van der Waals surface area contributed by atoms with E-state index >= 15 is 0 Å². The number of furan rings is 1. The van der Waals surface area contributed by atoms with Crippen LogP contribution < -0.4 is 5.73 Å². The maximum absolute atomic E-state index is 11.2. The summed E-state index contributed by atoms with van der Waals surface area (Å²) in [5, 5.41) is 4.42. The Balaban J connectivity index is 1.82. The van der Waals surface area contributed by atoms with Crippen molar-refractivity contribution in [2.24, 2.45) is 0 Å². The minimum atomic E-state index is 0.404. The van der Waals surface area contributed by atoms with E-state index in [0.29, 0.717) is 29.4 Å². The number of aldehydes is 1. The summed E-state index contributed by atoms with van der Waals surface area (Å²) in [6, 6.07) is 3.54. The molecule has 0 spiro atoms. The lowest BCUT2D eigenvalue weighted by Gasteiger charge is -2.14. The molecule has 0 saturated carbocycles. The number of aromatic nitrogens is 2. The minimum Gasteiger partial charge on any atom is -0.463 e. The first-order valence-electron chi connectivity index (χ1n) is 6.87. The van der Waals surface area contributed by atoms with E-state index in [1.165, 1.54) is 12.8 Å². The van der Waals surface area contributed by atoms with Crippen molar-refractivity contribution in [3.8, 4) is 11.5 Å². The van der Waals surface area contributed by atoms with Crippen LogP contribution in [-0.2, 0) is 6.54 Å². The molecule has 0 bridgehead atoms. The second kappa shape index (κ2) is 5.50. The summed E-state index contributed by atoms with van der Waals surface area (Å²) >= 11 is 0. The predicted molar refractivity (Wildman–Crippen MR) is 75.4 cm³/mol. The number of hydrogen-bond acceptors (Lipinski definition) is 5. The molecule has 20 heavy (non-hydrogen) atoms. The number of likely N-dealkylation sites (tertiary alicyclic amines) is 1. The number of nitrogens with zero attached hydrogens (tertiary/aromatic N) is 3. The highest BCUT2D eigenvalue weighted by Crippen LogP contribution is 2.26. The van der Waals surface area contributed by atoms with Crippen molar-refractivity contribution >= 4 is 12.1 Å². The van der Waals surface area contributed by atoms with Gasteiger partial charge < -0.3 is 15.1 Å². The highest BCUT2D eigenvalue weighted by atomic mass is 16.3. The average molecular weight is 274 g/mol. The topological polar surface area (TPSA) is 77.3 Å². The van der Waals surface area contributed by atoms with Crippen LogP contribution in [0.1, 0.15) is 23.2 Å². The quantitative estimate of drug-likeness (QED) is 0.839. The van der Waals surface area contributed by atoms with Gasteiger partial charge in [0.15, 0.2) is 12.0 Å².